The molecular weight excluding hydrogens is 477 g/mol. The minimum atomic E-state index is -4.37. The molecule has 4 heterocycles. The molecule has 1 aliphatic carbocycles. The number of halogens is 3. The summed E-state index contributed by atoms with van der Waals surface area (Å²) in [5, 5.41) is 7.39. The summed E-state index contributed by atoms with van der Waals surface area (Å²) < 4.78 is 44.8. The fraction of sp³-hybridized carbons (Fsp3) is 0.458. The highest BCUT2D eigenvalue weighted by atomic mass is 19.4. The first kappa shape index (κ1) is 24.0. The minimum Gasteiger partial charge on any atom is -0.474 e. The van der Waals surface area contributed by atoms with E-state index in [9.17, 15) is 22.8 Å². The molecule has 9 nitrogen and oxygen atoms in total. The lowest BCUT2D eigenvalue weighted by Crippen LogP contribution is -2.55. The number of hydrogen-bond acceptors (Lipinski definition) is 7. The van der Waals surface area contributed by atoms with E-state index in [0.29, 0.717) is 36.3 Å². The highest BCUT2D eigenvalue weighted by Crippen LogP contribution is 2.53. The Morgan fingerprint density at radius 3 is 2.81 bits per heavy atom. The van der Waals surface area contributed by atoms with E-state index >= 15 is 0 Å². The third-order valence-electron chi connectivity index (χ3n) is 7.18. The van der Waals surface area contributed by atoms with Crippen LogP contribution in [0.1, 0.15) is 43.4 Å². The molecule has 2 amide bonds. The molecule has 0 bridgehead atoms. The van der Waals surface area contributed by atoms with Crippen molar-refractivity contribution in [2.45, 2.75) is 55.8 Å². The van der Waals surface area contributed by atoms with E-state index in [1.165, 1.54) is 16.0 Å². The summed E-state index contributed by atoms with van der Waals surface area (Å²) in [5.41, 5.74) is 6.17. The predicted molar refractivity (Wildman–Crippen MR) is 124 cm³/mol. The lowest BCUT2D eigenvalue weighted by Gasteiger charge is -2.43. The molecular formula is C24H25F3N6O3. The smallest absolute Gasteiger partial charge is 0.391 e. The van der Waals surface area contributed by atoms with Crippen molar-refractivity contribution in [3.63, 3.8) is 0 Å². The molecule has 1 spiro atoms. The van der Waals surface area contributed by atoms with Gasteiger partial charge in [0.05, 0.1) is 17.5 Å². The summed E-state index contributed by atoms with van der Waals surface area (Å²) in [6.07, 6.45) is -1.74. The topological polar surface area (TPSA) is 125 Å². The second-order valence-electron chi connectivity index (χ2n) is 9.47. The Labute approximate surface area is 204 Å². The Morgan fingerprint density at radius 2 is 2.08 bits per heavy atom. The molecule has 2 aromatic rings. The number of amides is 2. The van der Waals surface area contributed by atoms with Gasteiger partial charge < -0.3 is 20.8 Å². The Hall–Kier alpha value is -3.70. The van der Waals surface area contributed by atoms with E-state index in [1.54, 1.807) is 24.3 Å². The monoisotopic (exact) mass is 502 g/mol. The van der Waals surface area contributed by atoms with Gasteiger partial charge in [-0.1, -0.05) is 6.07 Å². The zero-order valence-electron chi connectivity index (χ0n) is 19.3. The van der Waals surface area contributed by atoms with Gasteiger partial charge in [-0.05, 0) is 25.0 Å². The first-order valence-corrected chi connectivity index (χ1v) is 11.7. The molecule has 1 saturated heterocycles. The third-order valence-corrected chi connectivity index (χ3v) is 7.18. The molecule has 0 unspecified atom stereocenters. The number of nitrogens with one attached hydrogen (secondary N) is 1. The van der Waals surface area contributed by atoms with Crippen molar-refractivity contribution < 1.29 is 27.5 Å². The van der Waals surface area contributed by atoms with Gasteiger partial charge in [0.2, 0.25) is 17.7 Å². The average molecular weight is 502 g/mol. The summed E-state index contributed by atoms with van der Waals surface area (Å²) >= 11 is 0. The van der Waals surface area contributed by atoms with Crippen LogP contribution in [0.3, 0.4) is 0 Å². The second-order valence-corrected chi connectivity index (χ2v) is 9.47. The fourth-order valence-corrected chi connectivity index (χ4v) is 5.49. The number of anilines is 2. The molecule has 2 fully saturated rings. The highest BCUT2D eigenvalue weighted by molar-refractivity contribution is 6.10. The number of carbonyl (C=O) groups is 2. The number of alkyl halides is 3. The molecule has 190 valence electrons. The highest BCUT2D eigenvalue weighted by Gasteiger charge is 2.60. The maximum absolute atomic E-state index is 13.6. The van der Waals surface area contributed by atoms with Crippen molar-refractivity contribution in [1.29, 1.82) is 5.41 Å². The van der Waals surface area contributed by atoms with Crippen LogP contribution in [0.25, 0.3) is 0 Å². The van der Waals surface area contributed by atoms with Crippen LogP contribution in [0.5, 0.6) is 5.88 Å². The number of nitrogen functional groups attached to an aromatic ring is 1. The van der Waals surface area contributed by atoms with E-state index in [0.717, 1.165) is 6.21 Å². The van der Waals surface area contributed by atoms with E-state index in [1.807, 2.05) is 0 Å². The zero-order chi connectivity index (χ0) is 25.7. The molecule has 5 rings (SSSR count). The number of rotatable bonds is 6. The van der Waals surface area contributed by atoms with Gasteiger partial charge in [0, 0.05) is 49.5 Å². The van der Waals surface area contributed by atoms with Gasteiger partial charge in [0.1, 0.15) is 24.2 Å². The van der Waals surface area contributed by atoms with Crippen molar-refractivity contribution in [3.05, 3.63) is 41.7 Å². The van der Waals surface area contributed by atoms with Crippen molar-refractivity contribution in [1.82, 2.24) is 14.9 Å². The number of aromatic nitrogens is 2. The fourth-order valence-electron chi connectivity index (χ4n) is 5.49. The van der Waals surface area contributed by atoms with E-state index < -0.39 is 30.0 Å². The SMILES string of the molecule is N=Cc1nc(OC2CC3(C2)C(=O)N(CC(=O)N2CCC[C@@H]2CC(F)(F)F)c2ncccc23)ccc1N. The lowest BCUT2D eigenvalue weighted by molar-refractivity contribution is -0.151. The van der Waals surface area contributed by atoms with Crippen LogP contribution in [0, 0.1) is 5.41 Å². The van der Waals surface area contributed by atoms with Crippen LogP contribution in [-0.2, 0) is 15.0 Å². The molecule has 3 aliphatic rings. The van der Waals surface area contributed by atoms with Crippen LogP contribution in [-0.4, -0.2) is 64.3 Å². The van der Waals surface area contributed by atoms with Crippen molar-refractivity contribution >= 4 is 29.5 Å². The summed E-state index contributed by atoms with van der Waals surface area (Å²) in [5.74, 6) is -0.170. The van der Waals surface area contributed by atoms with Gasteiger partial charge in [-0.15, -0.1) is 0 Å². The minimum absolute atomic E-state index is 0.240. The Morgan fingerprint density at radius 1 is 1.31 bits per heavy atom. The first-order chi connectivity index (χ1) is 17.1. The zero-order valence-corrected chi connectivity index (χ0v) is 19.3. The van der Waals surface area contributed by atoms with Crippen LogP contribution < -0.4 is 15.4 Å². The molecule has 36 heavy (non-hydrogen) atoms. The van der Waals surface area contributed by atoms with Crippen LogP contribution in [0.4, 0.5) is 24.7 Å². The second kappa shape index (κ2) is 8.75. The molecule has 3 N–H and O–H groups in total. The largest absolute Gasteiger partial charge is 0.474 e. The number of carbonyl (C=O) groups excluding carboxylic acids is 2. The lowest BCUT2D eigenvalue weighted by atomic mass is 9.63. The van der Waals surface area contributed by atoms with E-state index in [2.05, 4.69) is 9.97 Å². The van der Waals surface area contributed by atoms with Gasteiger partial charge in [0.25, 0.3) is 0 Å². The van der Waals surface area contributed by atoms with Gasteiger partial charge in [-0.2, -0.15) is 13.2 Å². The number of nitrogens with two attached hydrogens (primary N) is 1. The maximum atomic E-state index is 13.6. The Kier molecular flexibility index (Phi) is 5.84. The molecule has 1 saturated carbocycles. The number of fused-ring (bicyclic) bond motifs is 2. The van der Waals surface area contributed by atoms with Crippen molar-refractivity contribution in [2.24, 2.45) is 0 Å². The van der Waals surface area contributed by atoms with Gasteiger partial charge in [0.15, 0.2) is 0 Å². The van der Waals surface area contributed by atoms with Crippen LogP contribution in [0.2, 0.25) is 0 Å². The number of ether oxygens (including phenoxy) is 1. The predicted octanol–water partition coefficient (Wildman–Crippen LogP) is 2.83. The van der Waals surface area contributed by atoms with E-state index in [4.69, 9.17) is 15.9 Å². The Bertz CT molecular complexity index is 1210. The summed E-state index contributed by atoms with van der Waals surface area (Å²) in [7, 11) is 0. The normalized spacial score (nSPS) is 25.1. The van der Waals surface area contributed by atoms with Crippen LogP contribution >= 0.6 is 0 Å². The molecule has 0 aromatic carbocycles. The maximum Gasteiger partial charge on any atom is 0.391 e. The summed E-state index contributed by atoms with van der Waals surface area (Å²) in [6, 6.07) is 5.78. The third kappa shape index (κ3) is 4.14. The average Bonchev–Trinajstić information content (AvgIpc) is 3.35. The number of nitrogens with zero attached hydrogens (tertiary/aromatic N) is 4. The number of likely N-dealkylation sites (tertiary alicyclic amines) is 1. The van der Waals surface area contributed by atoms with E-state index in [-0.39, 0.29) is 43.1 Å². The molecule has 2 aliphatic heterocycles. The Balaban J connectivity index is 1.31. The molecule has 1 atom stereocenters. The number of hydrogen-bond donors (Lipinski definition) is 2. The van der Waals surface area contributed by atoms with Gasteiger partial charge in [-0.25, -0.2) is 9.97 Å². The van der Waals surface area contributed by atoms with Gasteiger partial charge >= 0.3 is 6.18 Å². The molecule has 12 heteroatoms. The number of pyridine rings is 2. The van der Waals surface area contributed by atoms with Crippen LogP contribution in [0.15, 0.2) is 30.5 Å². The molecule has 0 radical (unpaired) electrons. The van der Waals surface area contributed by atoms with Gasteiger partial charge in [-0.3, -0.25) is 14.5 Å². The molecule has 2 aromatic heterocycles. The summed E-state index contributed by atoms with van der Waals surface area (Å²) in [6.45, 7) is -0.114. The summed E-state index contributed by atoms with van der Waals surface area (Å²) in [4.78, 5) is 37.7. The quantitative estimate of drug-likeness (QED) is 0.585. The first-order valence-electron chi connectivity index (χ1n) is 11.7. The van der Waals surface area contributed by atoms with Crippen molar-refractivity contribution in [3.8, 4) is 5.88 Å². The standard InChI is InChI=1S/C24H25F3N6O3/c25-24(26,27)9-14-3-2-8-32(14)20(34)13-33-21-16(4-1-7-30-21)23(22(33)35)10-15(11-23)36-19-6-5-17(29)18(12-28)31-19/h1,4-7,12,14-15,28H,2-3,8-11,13,29H2/t14-,15?,23?/m1/s1. The van der Waals surface area contributed by atoms with Crippen molar-refractivity contribution in [2.75, 3.05) is 23.7 Å².